The molecule has 17 heavy (non-hydrogen) atoms. The van der Waals surface area contributed by atoms with Crippen LogP contribution in [-0.4, -0.2) is 12.1 Å². The number of hydrogen-bond donors (Lipinski definition) is 0. The van der Waals surface area contributed by atoms with Gasteiger partial charge in [-0.25, -0.2) is 0 Å². The van der Waals surface area contributed by atoms with Crippen LogP contribution in [0.5, 0.6) is 5.75 Å². The fourth-order valence-corrected chi connectivity index (χ4v) is 1.78. The minimum absolute atomic E-state index is 0.839. The molecule has 2 aromatic heterocycles. The second-order valence-electron chi connectivity index (χ2n) is 3.75. The molecule has 0 saturated heterocycles. The van der Waals surface area contributed by atoms with E-state index < -0.39 is 0 Å². The Labute approximate surface area is 98.7 Å². The molecule has 1 aromatic carbocycles. The Balaban J connectivity index is 2.07. The van der Waals surface area contributed by atoms with Crippen LogP contribution in [0.4, 0.5) is 0 Å². The molecule has 0 bridgehead atoms. The number of pyridine rings is 1. The molecule has 0 spiro atoms. The summed E-state index contributed by atoms with van der Waals surface area (Å²) in [6.07, 6.45) is 3.52. The van der Waals surface area contributed by atoms with Crippen LogP contribution >= 0.6 is 0 Å². The van der Waals surface area contributed by atoms with Gasteiger partial charge in [-0.05, 0) is 36.4 Å². The zero-order valence-electron chi connectivity index (χ0n) is 9.38. The quantitative estimate of drug-likeness (QED) is 0.669. The molecule has 0 N–H and O–H groups in total. The van der Waals surface area contributed by atoms with E-state index >= 15 is 0 Å². The van der Waals surface area contributed by atoms with Crippen LogP contribution < -0.4 is 4.74 Å². The lowest BCUT2D eigenvalue weighted by molar-refractivity contribution is 0.415. The zero-order valence-corrected chi connectivity index (χ0v) is 9.38. The van der Waals surface area contributed by atoms with Crippen molar-refractivity contribution in [2.75, 3.05) is 7.11 Å². The van der Waals surface area contributed by atoms with Gasteiger partial charge in [0.25, 0.3) is 0 Å². The first-order valence-corrected chi connectivity index (χ1v) is 5.35. The van der Waals surface area contributed by atoms with Gasteiger partial charge in [0.15, 0.2) is 0 Å². The first-order chi connectivity index (χ1) is 8.36. The topological polar surface area (TPSA) is 35.3 Å². The van der Waals surface area contributed by atoms with E-state index in [9.17, 15) is 0 Å². The fourth-order valence-electron chi connectivity index (χ4n) is 1.78. The predicted molar refractivity (Wildman–Crippen MR) is 66.0 cm³/mol. The van der Waals surface area contributed by atoms with Crippen molar-refractivity contribution in [2.24, 2.45) is 0 Å². The van der Waals surface area contributed by atoms with Gasteiger partial charge in [0.2, 0.25) is 0 Å². The molecule has 84 valence electrons. The van der Waals surface area contributed by atoms with E-state index in [2.05, 4.69) is 4.98 Å². The zero-order chi connectivity index (χ0) is 11.7. The summed E-state index contributed by atoms with van der Waals surface area (Å²) in [6.45, 7) is 0. The van der Waals surface area contributed by atoms with Crippen molar-refractivity contribution in [3.63, 3.8) is 0 Å². The summed E-state index contributed by atoms with van der Waals surface area (Å²) in [4.78, 5) is 4.07. The van der Waals surface area contributed by atoms with Crippen molar-refractivity contribution in [3.8, 4) is 17.1 Å². The molecule has 3 aromatic rings. The molecule has 0 unspecified atom stereocenters. The van der Waals surface area contributed by atoms with Crippen molar-refractivity contribution in [3.05, 3.63) is 48.8 Å². The van der Waals surface area contributed by atoms with Gasteiger partial charge in [0.05, 0.1) is 7.11 Å². The molecule has 0 aliphatic heterocycles. The third-order valence-electron chi connectivity index (χ3n) is 2.69. The maximum Gasteiger partial charge on any atom is 0.137 e. The molecule has 0 amide bonds. The molecule has 0 aliphatic rings. The smallest absolute Gasteiger partial charge is 0.137 e. The highest BCUT2D eigenvalue weighted by Gasteiger charge is 2.05. The molecule has 0 radical (unpaired) electrons. The lowest BCUT2D eigenvalue weighted by Gasteiger charge is -2.00. The molecule has 3 nitrogen and oxygen atoms in total. The van der Waals surface area contributed by atoms with Gasteiger partial charge < -0.3 is 9.15 Å². The number of hydrogen-bond acceptors (Lipinski definition) is 3. The van der Waals surface area contributed by atoms with Gasteiger partial charge in [0.1, 0.15) is 17.1 Å². The predicted octanol–water partition coefficient (Wildman–Crippen LogP) is 3.50. The van der Waals surface area contributed by atoms with Gasteiger partial charge in [-0.1, -0.05) is 0 Å². The second kappa shape index (κ2) is 3.94. The van der Waals surface area contributed by atoms with E-state index in [4.69, 9.17) is 9.15 Å². The van der Waals surface area contributed by atoms with Gasteiger partial charge in [-0.3, -0.25) is 4.98 Å². The summed E-state index contributed by atoms with van der Waals surface area (Å²) >= 11 is 0. The molecule has 0 aliphatic carbocycles. The van der Waals surface area contributed by atoms with E-state index in [1.54, 1.807) is 19.5 Å². The Hall–Kier alpha value is -2.29. The number of ether oxygens (including phenoxy) is 1. The Morgan fingerprint density at radius 1 is 1.12 bits per heavy atom. The summed E-state index contributed by atoms with van der Waals surface area (Å²) in [5, 5.41) is 1.01. The van der Waals surface area contributed by atoms with Crippen molar-refractivity contribution in [2.45, 2.75) is 0 Å². The van der Waals surface area contributed by atoms with Crippen LogP contribution in [0.25, 0.3) is 22.3 Å². The standard InChI is InChI=1S/C14H11NO2/c1-16-12-4-2-10(3-5-12)14-8-11-9-15-7-6-13(11)17-14/h2-9H,1H3. The maximum absolute atomic E-state index is 5.75. The first-order valence-electron chi connectivity index (χ1n) is 5.35. The first kappa shape index (κ1) is 9.90. The molecular weight excluding hydrogens is 214 g/mol. The summed E-state index contributed by atoms with van der Waals surface area (Å²) in [6, 6.07) is 11.6. The average Bonchev–Trinajstić information content (AvgIpc) is 2.82. The Bertz CT molecular complexity index is 608. The van der Waals surface area contributed by atoms with Crippen LogP contribution in [0.1, 0.15) is 0 Å². The third kappa shape index (κ3) is 1.76. The van der Waals surface area contributed by atoms with Gasteiger partial charge >= 0.3 is 0 Å². The van der Waals surface area contributed by atoms with E-state index in [1.165, 1.54) is 0 Å². The number of aromatic nitrogens is 1. The van der Waals surface area contributed by atoms with Gasteiger partial charge in [-0.15, -0.1) is 0 Å². The minimum Gasteiger partial charge on any atom is -0.497 e. The van der Waals surface area contributed by atoms with Crippen LogP contribution in [0.3, 0.4) is 0 Å². The fraction of sp³-hybridized carbons (Fsp3) is 0.0714. The average molecular weight is 225 g/mol. The number of rotatable bonds is 2. The number of furan rings is 1. The highest BCUT2D eigenvalue weighted by molar-refractivity contribution is 5.81. The number of nitrogens with zero attached hydrogens (tertiary/aromatic N) is 1. The minimum atomic E-state index is 0.839. The summed E-state index contributed by atoms with van der Waals surface area (Å²) < 4.78 is 10.9. The monoisotopic (exact) mass is 225 g/mol. The lowest BCUT2D eigenvalue weighted by atomic mass is 10.1. The third-order valence-corrected chi connectivity index (χ3v) is 2.69. The SMILES string of the molecule is COc1ccc(-c2cc3cnccc3o2)cc1. The van der Waals surface area contributed by atoms with Crippen molar-refractivity contribution >= 4 is 11.0 Å². The van der Waals surface area contributed by atoms with Crippen LogP contribution in [0, 0.1) is 0 Å². The molecule has 0 saturated carbocycles. The summed E-state index contributed by atoms with van der Waals surface area (Å²) in [5.41, 5.74) is 1.88. The van der Waals surface area contributed by atoms with Crippen LogP contribution in [-0.2, 0) is 0 Å². The van der Waals surface area contributed by atoms with Crippen molar-refractivity contribution in [1.29, 1.82) is 0 Å². The molecule has 2 heterocycles. The molecular formula is C14H11NO2. The highest BCUT2D eigenvalue weighted by Crippen LogP contribution is 2.28. The maximum atomic E-state index is 5.75. The molecule has 3 heteroatoms. The largest absolute Gasteiger partial charge is 0.497 e. The van der Waals surface area contributed by atoms with Crippen molar-refractivity contribution in [1.82, 2.24) is 4.98 Å². The Morgan fingerprint density at radius 3 is 2.65 bits per heavy atom. The van der Waals surface area contributed by atoms with E-state index in [0.717, 1.165) is 28.0 Å². The number of methoxy groups -OCH3 is 1. The van der Waals surface area contributed by atoms with E-state index in [1.807, 2.05) is 36.4 Å². The Morgan fingerprint density at radius 2 is 1.94 bits per heavy atom. The summed E-state index contributed by atoms with van der Waals surface area (Å²) in [5.74, 6) is 1.68. The number of fused-ring (bicyclic) bond motifs is 1. The molecule has 0 atom stereocenters. The van der Waals surface area contributed by atoms with Crippen molar-refractivity contribution < 1.29 is 9.15 Å². The van der Waals surface area contributed by atoms with Crippen LogP contribution in [0.15, 0.2) is 53.2 Å². The normalized spacial score (nSPS) is 10.6. The molecule has 3 rings (SSSR count). The van der Waals surface area contributed by atoms with Gasteiger partial charge in [-0.2, -0.15) is 0 Å². The van der Waals surface area contributed by atoms with E-state index in [0.29, 0.717) is 0 Å². The molecule has 0 fully saturated rings. The highest BCUT2D eigenvalue weighted by atomic mass is 16.5. The van der Waals surface area contributed by atoms with Crippen LogP contribution in [0.2, 0.25) is 0 Å². The van der Waals surface area contributed by atoms with Gasteiger partial charge in [0, 0.05) is 23.3 Å². The lowest BCUT2D eigenvalue weighted by Crippen LogP contribution is -1.81. The summed E-state index contributed by atoms with van der Waals surface area (Å²) in [7, 11) is 1.65. The van der Waals surface area contributed by atoms with E-state index in [-0.39, 0.29) is 0 Å². The Kier molecular flexibility index (Phi) is 2.29. The second-order valence-corrected chi connectivity index (χ2v) is 3.75. The number of benzene rings is 1.